The van der Waals surface area contributed by atoms with Crippen LogP contribution in [0.15, 0.2) is 34.8 Å². The van der Waals surface area contributed by atoms with Crippen LogP contribution >= 0.6 is 43.5 Å². The van der Waals surface area contributed by atoms with Gasteiger partial charge in [-0.1, -0.05) is 55.6 Å². The van der Waals surface area contributed by atoms with Gasteiger partial charge in [-0.05, 0) is 29.3 Å². The van der Waals surface area contributed by atoms with Crippen LogP contribution in [-0.2, 0) is 0 Å². The lowest BCUT2D eigenvalue weighted by Gasteiger charge is -2.22. The van der Waals surface area contributed by atoms with Gasteiger partial charge in [0.1, 0.15) is 19.0 Å². The molecule has 1 unspecified atom stereocenters. The Hall–Kier alpha value is -0.780. The van der Waals surface area contributed by atoms with Crippen LogP contribution in [0.25, 0.3) is 0 Å². The first kappa shape index (κ1) is 15.1. The predicted molar refractivity (Wildman–Crippen MR) is 87.3 cm³/mol. The van der Waals surface area contributed by atoms with Gasteiger partial charge in [-0.15, -0.1) is 0 Å². The lowest BCUT2D eigenvalue weighted by molar-refractivity contribution is 0.171. The summed E-state index contributed by atoms with van der Waals surface area (Å²) in [6.45, 7) is 1.05. The molecule has 1 heterocycles. The number of hydrogen-bond acceptors (Lipinski definition) is 2. The SMILES string of the molecule is Fc1cccc(C(Br)c2cc3c(cc2Br)OCCO3)c1Cl. The van der Waals surface area contributed by atoms with E-state index in [-0.39, 0.29) is 9.85 Å². The van der Waals surface area contributed by atoms with Crippen LogP contribution in [0, 0.1) is 5.82 Å². The van der Waals surface area contributed by atoms with E-state index >= 15 is 0 Å². The molecular formula is C15H10Br2ClFO2. The van der Waals surface area contributed by atoms with Crippen molar-refractivity contribution in [2.75, 3.05) is 13.2 Å². The number of fused-ring (bicyclic) bond motifs is 1. The second-order valence-corrected chi connectivity index (χ2v) is 6.67. The summed E-state index contributed by atoms with van der Waals surface area (Å²) in [4.78, 5) is -0.258. The number of ether oxygens (including phenoxy) is 2. The molecule has 0 fully saturated rings. The summed E-state index contributed by atoms with van der Waals surface area (Å²) in [6.07, 6.45) is 0. The molecule has 0 radical (unpaired) electrons. The fraction of sp³-hybridized carbons (Fsp3) is 0.200. The average molecular weight is 437 g/mol. The molecular weight excluding hydrogens is 426 g/mol. The molecule has 2 aromatic rings. The van der Waals surface area contributed by atoms with E-state index < -0.39 is 5.82 Å². The molecule has 1 atom stereocenters. The van der Waals surface area contributed by atoms with Crippen LogP contribution in [0.4, 0.5) is 4.39 Å². The zero-order valence-electron chi connectivity index (χ0n) is 10.7. The van der Waals surface area contributed by atoms with Crippen molar-refractivity contribution in [1.29, 1.82) is 0 Å². The van der Waals surface area contributed by atoms with Crippen LogP contribution in [0.2, 0.25) is 5.02 Å². The Morgan fingerprint density at radius 1 is 1.10 bits per heavy atom. The summed E-state index contributed by atoms with van der Waals surface area (Å²) in [7, 11) is 0. The summed E-state index contributed by atoms with van der Waals surface area (Å²) in [6, 6.07) is 8.49. The van der Waals surface area contributed by atoms with Gasteiger partial charge in [-0.3, -0.25) is 0 Å². The number of halogens is 4. The zero-order chi connectivity index (χ0) is 15.0. The molecule has 2 nitrogen and oxygen atoms in total. The summed E-state index contributed by atoms with van der Waals surface area (Å²) < 4.78 is 25.6. The molecule has 0 bridgehead atoms. The lowest BCUT2D eigenvalue weighted by Crippen LogP contribution is -2.15. The first-order valence-corrected chi connectivity index (χ1v) is 8.33. The van der Waals surface area contributed by atoms with E-state index in [1.54, 1.807) is 12.1 Å². The summed E-state index contributed by atoms with van der Waals surface area (Å²) in [5.41, 5.74) is 1.56. The normalized spacial score (nSPS) is 14.9. The Kier molecular flexibility index (Phi) is 4.43. The molecule has 0 saturated carbocycles. The van der Waals surface area contributed by atoms with Gasteiger partial charge >= 0.3 is 0 Å². The van der Waals surface area contributed by atoms with Crippen LogP contribution in [0.1, 0.15) is 16.0 Å². The van der Waals surface area contributed by atoms with Gasteiger partial charge in [0.25, 0.3) is 0 Å². The average Bonchev–Trinajstić information content (AvgIpc) is 2.48. The van der Waals surface area contributed by atoms with Crippen molar-refractivity contribution in [3.8, 4) is 11.5 Å². The van der Waals surface area contributed by atoms with E-state index in [2.05, 4.69) is 31.9 Å². The molecule has 0 N–H and O–H groups in total. The maximum atomic E-state index is 13.6. The largest absolute Gasteiger partial charge is 0.486 e. The van der Waals surface area contributed by atoms with Gasteiger partial charge in [0.05, 0.1) is 9.85 Å². The summed E-state index contributed by atoms with van der Waals surface area (Å²) >= 11 is 13.2. The van der Waals surface area contributed by atoms with E-state index in [1.807, 2.05) is 12.1 Å². The molecule has 3 rings (SSSR count). The van der Waals surface area contributed by atoms with Crippen molar-refractivity contribution >= 4 is 43.5 Å². The van der Waals surface area contributed by atoms with Crippen LogP contribution in [0.3, 0.4) is 0 Å². The molecule has 1 aliphatic rings. The third-order valence-electron chi connectivity index (χ3n) is 3.19. The minimum atomic E-state index is -0.438. The highest BCUT2D eigenvalue weighted by Gasteiger charge is 2.22. The van der Waals surface area contributed by atoms with Gasteiger partial charge < -0.3 is 9.47 Å². The second kappa shape index (κ2) is 6.15. The maximum Gasteiger partial charge on any atom is 0.162 e. The monoisotopic (exact) mass is 434 g/mol. The van der Waals surface area contributed by atoms with Crippen LogP contribution in [0.5, 0.6) is 11.5 Å². The van der Waals surface area contributed by atoms with E-state index in [0.717, 1.165) is 10.0 Å². The topological polar surface area (TPSA) is 18.5 Å². The second-order valence-electron chi connectivity index (χ2n) is 4.52. The van der Waals surface area contributed by atoms with Crippen molar-refractivity contribution in [1.82, 2.24) is 0 Å². The molecule has 0 aromatic heterocycles. The molecule has 2 aromatic carbocycles. The molecule has 0 saturated heterocycles. The molecule has 0 amide bonds. The van der Waals surface area contributed by atoms with Crippen LogP contribution < -0.4 is 9.47 Å². The predicted octanol–water partition coefficient (Wildman–Crippen LogP) is 5.50. The highest BCUT2D eigenvalue weighted by molar-refractivity contribution is 9.11. The first-order chi connectivity index (χ1) is 10.1. The molecule has 0 aliphatic carbocycles. The van der Waals surface area contributed by atoms with Crippen molar-refractivity contribution in [2.45, 2.75) is 4.83 Å². The summed E-state index contributed by atoms with van der Waals surface area (Å²) in [5.74, 6) is 0.936. The molecule has 6 heteroatoms. The summed E-state index contributed by atoms with van der Waals surface area (Å²) in [5, 5.41) is 0.112. The molecule has 0 spiro atoms. The van der Waals surface area contributed by atoms with E-state index in [0.29, 0.717) is 30.3 Å². The molecule has 1 aliphatic heterocycles. The van der Waals surface area contributed by atoms with Crippen molar-refractivity contribution in [3.05, 3.63) is 56.8 Å². The quantitative estimate of drug-likeness (QED) is 0.579. The number of alkyl halides is 1. The van der Waals surface area contributed by atoms with E-state index in [9.17, 15) is 4.39 Å². The van der Waals surface area contributed by atoms with E-state index in [4.69, 9.17) is 21.1 Å². The minimum Gasteiger partial charge on any atom is -0.486 e. The van der Waals surface area contributed by atoms with Gasteiger partial charge in [0.2, 0.25) is 0 Å². The zero-order valence-corrected chi connectivity index (χ0v) is 14.6. The first-order valence-electron chi connectivity index (χ1n) is 6.25. The Balaban J connectivity index is 2.05. The number of hydrogen-bond donors (Lipinski definition) is 0. The maximum absolute atomic E-state index is 13.6. The Morgan fingerprint density at radius 2 is 1.76 bits per heavy atom. The lowest BCUT2D eigenvalue weighted by atomic mass is 10.0. The Morgan fingerprint density at radius 3 is 2.48 bits per heavy atom. The molecule has 110 valence electrons. The van der Waals surface area contributed by atoms with Crippen molar-refractivity contribution in [2.24, 2.45) is 0 Å². The van der Waals surface area contributed by atoms with Crippen molar-refractivity contribution < 1.29 is 13.9 Å². The highest BCUT2D eigenvalue weighted by atomic mass is 79.9. The number of benzene rings is 2. The smallest absolute Gasteiger partial charge is 0.162 e. The van der Waals surface area contributed by atoms with E-state index in [1.165, 1.54) is 6.07 Å². The third-order valence-corrected chi connectivity index (χ3v) is 5.26. The minimum absolute atomic E-state index is 0.112. The third kappa shape index (κ3) is 2.91. The van der Waals surface area contributed by atoms with Gasteiger partial charge in [-0.2, -0.15) is 0 Å². The fourth-order valence-corrected chi connectivity index (χ4v) is 4.14. The fourth-order valence-electron chi connectivity index (χ4n) is 2.16. The van der Waals surface area contributed by atoms with Crippen LogP contribution in [-0.4, -0.2) is 13.2 Å². The van der Waals surface area contributed by atoms with Crippen molar-refractivity contribution in [3.63, 3.8) is 0 Å². The number of rotatable bonds is 2. The van der Waals surface area contributed by atoms with Gasteiger partial charge in [-0.25, -0.2) is 4.39 Å². The highest BCUT2D eigenvalue weighted by Crippen LogP contribution is 2.44. The van der Waals surface area contributed by atoms with Gasteiger partial charge in [0, 0.05) is 4.47 Å². The molecule has 21 heavy (non-hydrogen) atoms. The Bertz CT molecular complexity index is 694. The standard InChI is InChI=1S/C15H10Br2ClFO2/c16-10-7-13-12(20-4-5-21-13)6-9(10)14(17)8-2-1-3-11(19)15(8)18/h1-3,6-7,14H,4-5H2. The van der Waals surface area contributed by atoms with Gasteiger partial charge in [0.15, 0.2) is 11.5 Å². The Labute approximate surface area is 143 Å².